The van der Waals surface area contributed by atoms with Gasteiger partial charge in [-0.05, 0) is 70.0 Å². The summed E-state index contributed by atoms with van der Waals surface area (Å²) in [5.74, 6) is 1.75. The van der Waals surface area contributed by atoms with E-state index < -0.39 is 0 Å². The lowest BCUT2D eigenvalue weighted by Crippen LogP contribution is -2.32. The molecule has 5 nitrogen and oxygen atoms in total. The van der Waals surface area contributed by atoms with Gasteiger partial charge in [0.2, 0.25) is 6.79 Å². The van der Waals surface area contributed by atoms with E-state index in [0.717, 1.165) is 42.5 Å². The van der Waals surface area contributed by atoms with E-state index in [9.17, 15) is 0 Å². The first-order valence-corrected chi connectivity index (χ1v) is 10.4. The normalized spacial score (nSPS) is 25.0. The van der Waals surface area contributed by atoms with Crippen LogP contribution in [0.4, 0.5) is 5.69 Å². The van der Waals surface area contributed by atoms with Crippen molar-refractivity contribution in [3.8, 4) is 11.5 Å². The number of nitrogens with zero attached hydrogens (tertiary/aromatic N) is 3. The Morgan fingerprint density at radius 2 is 1.71 bits per heavy atom. The van der Waals surface area contributed by atoms with Gasteiger partial charge in [0, 0.05) is 48.2 Å². The Hall–Kier alpha value is -2.27. The smallest absolute Gasteiger partial charge is 0.231 e. The van der Waals surface area contributed by atoms with E-state index in [4.69, 9.17) is 9.47 Å². The average Bonchev–Trinajstić information content (AvgIpc) is 3.40. The first-order chi connectivity index (χ1) is 13.5. The van der Waals surface area contributed by atoms with Crippen molar-refractivity contribution in [2.75, 3.05) is 37.9 Å². The summed E-state index contributed by atoms with van der Waals surface area (Å²) in [5, 5.41) is 0. The van der Waals surface area contributed by atoms with Gasteiger partial charge >= 0.3 is 0 Å². The Balaban J connectivity index is 1.29. The number of anilines is 1. The highest BCUT2D eigenvalue weighted by atomic mass is 16.7. The largest absolute Gasteiger partial charge is 0.454 e. The maximum Gasteiger partial charge on any atom is 0.231 e. The fraction of sp³-hybridized carbons (Fsp3) is 0.522. The Labute approximate surface area is 167 Å². The maximum absolute atomic E-state index is 5.57. The molecule has 0 saturated carbocycles. The van der Waals surface area contributed by atoms with Crippen molar-refractivity contribution in [2.24, 2.45) is 5.41 Å². The molecule has 0 aliphatic carbocycles. The Bertz CT molecular complexity index is 879. The van der Waals surface area contributed by atoms with Crippen molar-refractivity contribution in [1.82, 2.24) is 9.88 Å². The molecule has 2 saturated heterocycles. The van der Waals surface area contributed by atoms with Crippen LogP contribution >= 0.6 is 0 Å². The van der Waals surface area contributed by atoms with Crippen molar-refractivity contribution >= 4 is 5.69 Å². The monoisotopic (exact) mass is 379 g/mol. The zero-order valence-electron chi connectivity index (χ0n) is 17.1. The fourth-order valence-corrected chi connectivity index (χ4v) is 5.17. The number of likely N-dealkylation sites (tertiary alicyclic amines) is 1. The predicted molar refractivity (Wildman–Crippen MR) is 110 cm³/mol. The van der Waals surface area contributed by atoms with Crippen LogP contribution < -0.4 is 14.4 Å². The summed E-state index contributed by atoms with van der Waals surface area (Å²) in [4.78, 5) is 9.74. The van der Waals surface area contributed by atoms with Crippen LogP contribution in [0.15, 0.2) is 30.3 Å². The van der Waals surface area contributed by atoms with E-state index in [-0.39, 0.29) is 0 Å². The highest BCUT2D eigenvalue weighted by Crippen LogP contribution is 2.44. The number of hydrogen-bond donors (Lipinski definition) is 0. The van der Waals surface area contributed by atoms with Gasteiger partial charge in [-0.2, -0.15) is 0 Å². The molecule has 1 spiro atoms. The molecule has 0 bridgehead atoms. The Kier molecular flexibility index (Phi) is 4.23. The number of aromatic nitrogens is 1. The van der Waals surface area contributed by atoms with E-state index in [1.165, 1.54) is 30.6 Å². The zero-order valence-corrected chi connectivity index (χ0v) is 17.1. The molecule has 2 aromatic rings. The summed E-state index contributed by atoms with van der Waals surface area (Å²) in [7, 11) is 0. The second-order valence-corrected chi connectivity index (χ2v) is 8.79. The summed E-state index contributed by atoms with van der Waals surface area (Å²) in [6, 6.07) is 11.2. The van der Waals surface area contributed by atoms with Crippen molar-refractivity contribution in [3.05, 3.63) is 47.3 Å². The molecule has 5 rings (SSSR count). The second kappa shape index (κ2) is 6.66. The van der Waals surface area contributed by atoms with Crippen LogP contribution in [0.5, 0.6) is 11.5 Å². The molecule has 5 heteroatoms. The molecule has 2 atom stereocenters. The van der Waals surface area contributed by atoms with Crippen LogP contribution in [-0.4, -0.2) is 42.9 Å². The van der Waals surface area contributed by atoms with Crippen LogP contribution in [0.2, 0.25) is 0 Å². The summed E-state index contributed by atoms with van der Waals surface area (Å²) < 4.78 is 11.0. The van der Waals surface area contributed by atoms with Crippen LogP contribution in [-0.2, 0) is 0 Å². The van der Waals surface area contributed by atoms with E-state index in [1.807, 2.05) is 6.07 Å². The molecule has 28 heavy (non-hydrogen) atoms. The first kappa shape index (κ1) is 17.8. The van der Waals surface area contributed by atoms with Crippen LogP contribution in [0.1, 0.15) is 42.8 Å². The average molecular weight is 380 g/mol. The third-order valence-corrected chi connectivity index (χ3v) is 6.76. The molecule has 0 radical (unpaired) electrons. The molecule has 0 amide bonds. The van der Waals surface area contributed by atoms with Gasteiger partial charge in [0.15, 0.2) is 11.5 Å². The number of aryl methyl sites for hydroxylation is 2. The first-order valence-electron chi connectivity index (χ1n) is 10.4. The van der Waals surface area contributed by atoms with Gasteiger partial charge in [0.1, 0.15) is 0 Å². The van der Waals surface area contributed by atoms with Crippen molar-refractivity contribution in [1.29, 1.82) is 0 Å². The van der Waals surface area contributed by atoms with Crippen LogP contribution in [0, 0.1) is 19.3 Å². The number of ether oxygens (including phenoxy) is 2. The maximum atomic E-state index is 5.57. The van der Waals surface area contributed by atoms with E-state index in [1.54, 1.807) is 0 Å². The number of pyridine rings is 1. The van der Waals surface area contributed by atoms with Gasteiger partial charge < -0.3 is 14.4 Å². The lowest BCUT2D eigenvalue weighted by Gasteiger charge is -2.29. The van der Waals surface area contributed by atoms with Gasteiger partial charge in [-0.25, -0.2) is 0 Å². The highest BCUT2D eigenvalue weighted by molar-refractivity contribution is 5.50. The summed E-state index contributed by atoms with van der Waals surface area (Å²) >= 11 is 0. The molecule has 4 heterocycles. The molecule has 1 aromatic heterocycles. The Morgan fingerprint density at radius 3 is 2.54 bits per heavy atom. The molecule has 3 aliphatic rings. The quantitative estimate of drug-likeness (QED) is 0.803. The van der Waals surface area contributed by atoms with Gasteiger partial charge in [0.25, 0.3) is 0 Å². The van der Waals surface area contributed by atoms with E-state index in [0.29, 0.717) is 18.2 Å². The number of hydrogen-bond acceptors (Lipinski definition) is 5. The summed E-state index contributed by atoms with van der Waals surface area (Å²) in [6.07, 6.45) is 2.55. The van der Waals surface area contributed by atoms with Crippen molar-refractivity contribution in [2.45, 2.75) is 39.7 Å². The number of fused-ring (bicyclic) bond motifs is 1. The van der Waals surface area contributed by atoms with Gasteiger partial charge in [0.05, 0.1) is 0 Å². The molecule has 148 valence electrons. The van der Waals surface area contributed by atoms with Crippen LogP contribution in [0.3, 0.4) is 0 Å². The number of rotatable bonds is 3. The van der Waals surface area contributed by atoms with Crippen molar-refractivity contribution in [3.63, 3.8) is 0 Å². The minimum Gasteiger partial charge on any atom is -0.454 e. The summed E-state index contributed by atoms with van der Waals surface area (Å²) in [5.41, 5.74) is 5.29. The third kappa shape index (κ3) is 3.12. The lowest BCUT2D eigenvalue weighted by molar-refractivity contribution is 0.173. The predicted octanol–water partition coefficient (Wildman–Crippen LogP) is 4.09. The summed E-state index contributed by atoms with van der Waals surface area (Å²) in [6.45, 7) is 11.5. The second-order valence-electron chi connectivity index (χ2n) is 8.79. The third-order valence-electron chi connectivity index (χ3n) is 6.76. The highest BCUT2D eigenvalue weighted by Gasteiger charge is 2.44. The molecule has 3 aliphatic heterocycles. The topological polar surface area (TPSA) is 37.8 Å². The number of benzene rings is 1. The van der Waals surface area contributed by atoms with E-state index in [2.05, 4.69) is 59.8 Å². The molecular weight excluding hydrogens is 350 g/mol. The van der Waals surface area contributed by atoms with E-state index >= 15 is 0 Å². The molecular formula is C23H29N3O2. The van der Waals surface area contributed by atoms with Gasteiger partial charge in [-0.15, -0.1) is 0 Å². The molecule has 2 unspecified atom stereocenters. The van der Waals surface area contributed by atoms with Crippen molar-refractivity contribution < 1.29 is 9.47 Å². The Morgan fingerprint density at radius 1 is 0.964 bits per heavy atom. The van der Waals surface area contributed by atoms with Gasteiger partial charge in [-0.3, -0.25) is 9.88 Å². The zero-order chi connectivity index (χ0) is 19.3. The van der Waals surface area contributed by atoms with Gasteiger partial charge in [-0.1, -0.05) is 6.07 Å². The molecule has 2 fully saturated rings. The standard InChI is InChI=1S/C23H29N3O2/c1-16-10-20(11-17(2)24-16)26-9-7-23(14-26)6-8-25(13-23)18(3)19-4-5-21-22(12-19)28-15-27-21/h4-5,10-12,18H,6-9,13-15H2,1-3H3. The molecule has 1 aromatic carbocycles. The van der Waals surface area contributed by atoms with Crippen LogP contribution in [0.25, 0.3) is 0 Å². The molecule has 0 N–H and O–H groups in total. The minimum absolute atomic E-state index is 0.337. The minimum atomic E-state index is 0.337. The fourth-order valence-electron chi connectivity index (χ4n) is 5.17. The SMILES string of the molecule is Cc1cc(N2CCC3(CCN(C(C)c4ccc5c(c4)OCO5)C3)C2)cc(C)n1. The lowest BCUT2D eigenvalue weighted by atomic mass is 9.86.